The molecule has 5 heteroatoms. The normalized spacial score (nSPS) is 12.7. The van der Waals surface area contributed by atoms with Crippen molar-refractivity contribution in [2.24, 2.45) is 0 Å². The molecule has 3 nitrogen and oxygen atoms in total. The fraction of sp³-hybridized carbons (Fsp3) is 0.286. The molecule has 2 aromatic rings. The van der Waals surface area contributed by atoms with Gasteiger partial charge in [0.1, 0.15) is 11.6 Å². The minimum atomic E-state index is -1.15. The molecule has 0 aliphatic rings. The standard InChI is InChI=1S/C21H20F2O3/c1-4-6-13-21(5-2,26-15(3)24)16-7-10-18(11-8-16)25-20-12-9-17(22)14-19(20)23/h2,7-12,14H,4,6,13H2,1,3H3. The van der Waals surface area contributed by atoms with Crippen LogP contribution in [-0.4, -0.2) is 5.97 Å². The highest BCUT2D eigenvalue weighted by Crippen LogP contribution is 2.33. The summed E-state index contributed by atoms with van der Waals surface area (Å²) in [6.45, 7) is 3.33. The monoisotopic (exact) mass is 358 g/mol. The molecular weight excluding hydrogens is 338 g/mol. The highest BCUT2D eigenvalue weighted by atomic mass is 19.1. The van der Waals surface area contributed by atoms with Gasteiger partial charge in [0, 0.05) is 25.0 Å². The Kier molecular flexibility index (Phi) is 6.35. The highest BCUT2D eigenvalue weighted by Gasteiger charge is 2.33. The van der Waals surface area contributed by atoms with E-state index in [4.69, 9.17) is 15.9 Å². The summed E-state index contributed by atoms with van der Waals surface area (Å²) in [5, 5.41) is 0. The van der Waals surface area contributed by atoms with E-state index in [9.17, 15) is 13.6 Å². The largest absolute Gasteiger partial charge is 0.454 e. The first-order valence-electron chi connectivity index (χ1n) is 8.31. The Morgan fingerprint density at radius 1 is 1.19 bits per heavy atom. The van der Waals surface area contributed by atoms with Crippen molar-refractivity contribution >= 4 is 5.97 Å². The summed E-state index contributed by atoms with van der Waals surface area (Å²) in [5.74, 6) is 0.917. The third-order valence-electron chi connectivity index (χ3n) is 3.88. The van der Waals surface area contributed by atoms with Crippen LogP contribution < -0.4 is 4.74 Å². The maximum Gasteiger partial charge on any atom is 0.304 e. The van der Waals surface area contributed by atoms with Crippen molar-refractivity contribution in [3.8, 4) is 23.8 Å². The van der Waals surface area contributed by atoms with Gasteiger partial charge in [-0.3, -0.25) is 4.79 Å². The molecule has 2 rings (SSSR count). The number of carbonyl (C=O) groups is 1. The number of hydrogen-bond acceptors (Lipinski definition) is 3. The smallest absolute Gasteiger partial charge is 0.304 e. The number of carbonyl (C=O) groups excluding carboxylic acids is 1. The van der Waals surface area contributed by atoms with Gasteiger partial charge in [0.15, 0.2) is 17.2 Å². The third kappa shape index (κ3) is 4.60. The Hall–Kier alpha value is -2.87. The van der Waals surface area contributed by atoms with Crippen LogP contribution in [0.1, 0.15) is 38.7 Å². The first-order chi connectivity index (χ1) is 12.4. The molecule has 0 heterocycles. The molecule has 0 fully saturated rings. The Bertz CT molecular complexity index is 809. The van der Waals surface area contributed by atoms with E-state index in [0.717, 1.165) is 25.0 Å². The summed E-state index contributed by atoms with van der Waals surface area (Å²) < 4.78 is 37.5. The van der Waals surface area contributed by atoms with E-state index >= 15 is 0 Å². The van der Waals surface area contributed by atoms with Gasteiger partial charge in [-0.05, 0) is 30.7 Å². The predicted molar refractivity (Wildman–Crippen MR) is 94.7 cm³/mol. The fourth-order valence-electron chi connectivity index (χ4n) is 2.59. The van der Waals surface area contributed by atoms with Gasteiger partial charge in [0.05, 0.1) is 0 Å². The maximum atomic E-state index is 13.7. The van der Waals surface area contributed by atoms with Crippen LogP contribution in [0.2, 0.25) is 0 Å². The molecule has 0 radical (unpaired) electrons. The topological polar surface area (TPSA) is 35.5 Å². The molecule has 136 valence electrons. The minimum absolute atomic E-state index is 0.0895. The molecule has 0 N–H and O–H groups in total. The highest BCUT2D eigenvalue weighted by molar-refractivity contribution is 5.67. The number of hydrogen-bond donors (Lipinski definition) is 0. The average molecular weight is 358 g/mol. The number of halogens is 2. The van der Waals surface area contributed by atoms with Gasteiger partial charge in [-0.1, -0.05) is 31.4 Å². The molecule has 1 unspecified atom stereocenters. The number of terminal acetylenes is 1. The number of rotatable bonds is 7. The van der Waals surface area contributed by atoms with Crippen LogP contribution in [-0.2, 0) is 15.1 Å². The molecule has 0 aliphatic heterocycles. The number of unbranched alkanes of at least 4 members (excludes halogenated alkanes) is 1. The van der Waals surface area contributed by atoms with Crippen molar-refractivity contribution in [3.05, 3.63) is 59.7 Å². The lowest BCUT2D eigenvalue weighted by atomic mass is 9.89. The Labute approximate surface area is 151 Å². The zero-order valence-corrected chi connectivity index (χ0v) is 14.7. The van der Waals surface area contributed by atoms with Crippen molar-refractivity contribution in [2.45, 2.75) is 38.7 Å². The van der Waals surface area contributed by atoms with E-state index in [0.29, 0.717) is 17.7 Å². The Balaban J connectivity index is 2.27. The maximum absolute atomic E-state index is 13.7. The Morgan fingerprint density at radius 3 is 2.42 bits per heavy atom. The third-order valence-corrected chi connectivity index (χ3v) is 3.88. The molecule has 26 heavy (non-hydrogen) atoms. The number of ether oxygens (including phenoxy) is 2. The summed E-state index contributed by atoms with van der Waals surface area (Å²) in [6.07, 6.45) is 7.86. The number of esters is 1. The van der Waals surface area contributed by atoms with Crippen molar-refractivity contribution in [1.82, 2.24) is 0 Å². The van der Waals surface area contributed by atoms with Gasteiger partial charge in [-0.15, -0.1) is 6.42 Å². The number of benzene rings is 2. The molecule has 0 aromatic heterocycles. The van der Waals surface area contributed by atoms with Crippen LogP contribution in [0.3, 0.4) is 0 Å². The van der Waals surface area contributed by atoms with Gasteiger partial charge < -0.3 is 9.47 Å². The van der Waals surface area contributed by atoms with Gasteiger partial charge in [-0.2, -0.15) is 0 Å². The van der Waals surface area contributed by atoms with Crippen molar-refractivity contribution in [1.29, 1.82) is 0 Å². The van der Waals surface area contributed by atoms with Gasteiger partial charge >= 0.3 is 5.97 Å². The second-order valence-electron chi connectivity index (χ2n) is 5.87. The predicted octanol–water partition coefficient (Wildman–Crippen LogP) is 5.34. The molecular formula is C21H20F2O3. The van der Waals surface area contributed by atoms with Crippen molar-refractivity contribution in [2.75, 3.05) is 0 Å². The molecule has 0 saturated heterocycles. The van der Waals surface area contributed by atoms with Crippen LogP contribution in [0.4, 0.5) is 8.78 Å². The minimum Gasteiger partial charge on any atom is -0.454 e. The SMILES string of the molecule is C#CC(CCCC)(OC(C)=O)c1ccc(Oc2ccc(F)cc2F)cc1. The van der Waals surface area contributed by atoms with Gasteiger partial charge in [0.2, 0.25) is 0 Å². The summed E-state index contributed by atoms with van der Waals surface area (Å²) in [6, 6.07) is 9.62. The van der Waals surface area contributed by atoms with Crippen LogP contribution in [0.15, 0.2) is 42.5 Å². The van der Waals surface area contributed by atoms with Gasteiger partial charge in [0.25, 0.3) is 0 Å². The second kappa shape index (κ2) is 8.48. The van der Waals surface area contributed by atoms with Crippen LogP contribution >= 0.6 is 0 Å². The van der Waals surface area contributed by atoms with Gasteiger partial charge in [-0.25, -0.2) is 8.78 Å². The molecule has 2 aromatic carbocycles. The summed E-state index contributed by atoms with van der Waals surface area (Å²) in [7, 11) is 0. The molecule has 0 saturated carbocycles. The quantitative estimate of drug-likeness (QED) is 0.495. The zero-order valence-electron chi connectivity index (χ0n) is 14.7. The second-order valence-corrected chi connectivity index (χ2v) is 5.87. The summed E-state index contributed by atoms with van der Waals surface area (Å²) in [5.41, 5.74) is -0.516. The van der Waals surface area contributed by atoms with E-state index in [2.05, 4.69) is 5.92 Å². The van der Waals surface area contributed by atoms with Crippen molar-refractivity contribution < 1.29 is 23.0 Å². The molecule has 0 spiro atoms. The zero-order chi connectivity index (χ0) is 19.2. The lowest BCUT2D eigenvalue weighted by Crippen LogP contribution is -2.30. The van der Waals surface area contributed by atoms with E-state index in [1.807, 2.05) is 6.92 Å². The first-order valence-corrected chi connectivity index (χ1v) is 8.31. The van der Waals surface area contributed by atoms with Crippen LogP contribution in [0, 0.1) is 24.0 Å². The molecule has 0 bridgehead atoms. The molecule has 0 aliphatic carbocycles. The average Bonchev–Trinajstić information content (AvgIpc) is 2.61. The van der Waals surface area contributed by atoms with E-state index in [-0.39, 0.29) is 5.75 Å². The first kappa shape index (κ1) is 19.5. The molecule has 0 amide bonds. The lowest BCUT2D eigenvalue weighted by Gasteiger charge is -2.28. The summed E-state index contributed by atoms with van der Waals surface area (Å²) >= 11 is 0. The fourth-order valence-corrected chi connectivity index (χ4v) is 2.59. The Morgan fingerprint density at radius 2 is 1.88 bits per heavy atom. The molecule has 1 atom stereocenters. The van der Waals surface area contributed by atoms with E-state index in [1.54, 1.807) is 24.3 Å². The van der Waals surface area contributed by atoms with Crippen LogP contribution in [0.5, 0.6) is 11.5 Å². The summed E-state index contributed by atoms with van der Waals surface area (Å²) in [4.78, 5) is 11.5. The van der Waals surface area contributed by atoms with E-state index in [1.165, 1.54) is 13.0 Å². The van der Waals surface area contributed by atoms with Crippen LogP contribution in [0.25, 0.3) is 0 Å². The van der Waals surface area contributed by atoms with E-state index < -0.39 is 23.2 Å². The van der Waals surface area contributed by atoms with Crippen molar-refractivity contribution in [3.63, 3.8) is 0 Å². The lowest BCUT2D eigenvalue weighted by molar-refractivity contribution is -0.153.